The summed E-state index contributed by atoms with van der Waals surface area (Å²) in [5.41, 5.74) is 1.05. The van der Waals surface area contributed by atoms with Gasteiger partial charge in [-0.25, -0.2) is 0 Å². The molecule has 1 aromatic carbocycles. The predicted molar refractivity (Wildman–Crippen MR) is 108 cm³/mol. The number of fused-ring (bicyclic) bond motifs is 1. The van der Waals surface area contributed by atoms with Crippen LogP contribution in [-0.2, 0) is 23.7 Å². The molecular weight excluding hydrogens is 424 g/mol. The molecule has 10 heteroatoms. The molecule has 4 unspecified atom stereocenters. The van der Waals surface area contributed by atoms with E-state index in [-0.39, 0.29) is 18.0 Å². The number of methoxy groups -OCH3 is 1. The Balaban J connectivity index is 1.49. The summed E-state index contributed by atoms with van der Waals surface area (Å²) < 4.78 is 22.7. The van der Waals surface area contributed by atoms with Gasteiger partial charge in [-0.05, 0) is 24.1 Å². The highest BCUT2D eigenvalue weighted by Crippen LogP contribution is 2.39. The zero-order valence-corrected chi connectivity index (χ0v) is 17.5. The van der Waals surface area contributed by atoms with E-state index < -0.39 is 61.5 Å². The van der Waals surface area contributed by atoms with Crippen LogP contribution in [0.15, 0.2) is 30.5 Å². The van der Waals surface area contributed by atoms with Crippen molar-refractivity contribution in [3.05, 3.63) is 36.1 Å². The molecule has 2 aliphatic heterocycles. The lowest BCUT2D eigenvalue weighted by Gasteiger charge is -2.45. The number of hydrogen-bond acceptors (Lipinski definition) is 10. The van der Waals surface area contributed by atoms with Crippen LogP contribution in [0, 0.1) is 5.92 Å². The Bertz CT molecular complexity index is 838. The zero-order valence-electron chi connectivity index (χ0n) is 17.5. The number of benzene rings is 1. The van der Waals surface area contributed by atoms with Gasteiger partial charge in [0.2, 0.25) is 0 Å². The van der Waals surface area contributed by atoms with Gasteiger partial charge in [0.1, 0.15) is 36.3 Å². The number of carbonyl (C=O) groups excluding carboxylic acids is 1. The highest BCUT2D eigenvalue weighted by Gasteiger charge is 2.49. The number of Topliss-reactive ketones (excluding diaryl/α,β-unsaturated/α-hetero) is 1. The number of ether oxygens (including phenoxy) is 4. The van der Waals surface area contributed by atoms with Crippen LogP contribution in [0.1, 0.15) is 18.4 Å². The van der Waals surface area contributed by atoms with Crippen LogP contribution < -0.4 is 0 Å². The summed E-state index contributed by atoms with van der Waals surface area (Å²) in [5, 5.41) is 49.1. The minimum Gasteiger partial charge on any atom is -0.508 e. The number of aliphatic hydroxyl groups is 4. The molecular formula is C22H28O10. The molecule has 4 rings (SSSR count). The summed E-state index contributed by atoms with van der Waals surface area (Å²) in [6, 6.07) is 6.28. The van der Waals surface area contributed by atoms with Crippen molar-refractivity contribution >= 4 is 11.4 Å². The van der Waals surface area contributed by atoms with Gasteiger partial charge in [0.25, 0.3) is 0 Å². The molecule has 5 N–H and O–H groups in total. The Morgan fingerprint density at radius 2 is 1.75 bits per heavy atom. The predicted octanol–water partition coefficient (Wildman–Crippen LogP) is -0.689. The van der Waals surface area contributed by atoms with Gasteiger partial charge in [0, 0.05) is 13.5 Å². The maximum atomic E-state index is 13.2. The van der Waals surface area contributed by atoms with E-state index in [0.717, 1.165) is 0 Å². The Kier molecular flexibility index (Phi) is 6.82. The molecule has 1 aromatic rings. The van der Waals surface area contributed by atoms with E-state index in [2.05, 4.69) is 0 Å². The van der Waals surface area contributed by atoms with Crippen molar-refractivity contribution in [3.8, 4) is 5.75 Å². The van der Waals surface area contributed by atoms with Crippen molar-refractivity contribution in [1.29, 1.82) is 0 Å². The first kappa shape index (κ1) is 23.1. The molecule has 32 heavy (non-hydrogen) atoms. The molecule has 0 amide bonds. The third kappa shape index (κ3) is 4.27. The van der Waals surface area contributed by atoms with Gasteiger partial charge in [-0.1, -0.05) is 12.1 Å². The molecule has 176 valence electrons. The molecule has 0 spiro atoms. The zero-order chi connectivity index (χ0) is 23.0. The van der Waals surface area contributed by atoms with Crippen molar-refractivity contribution < 1.29 is 49.3 Å². The maximum absolute atomic E-state index is 13.2. The van der Waals surface area contributed by atoms with Crippen molar-refractivity contribution in [2.75, 3.05) is 13.7 Å². The average molecular weight is 452 g/mol. The van der Waals surface area contributed by atoms with Gasteiger partial charge >= 0.3 is 0 Å². The second-order valence-electron chi connectivity index (χ2n) is 8.34. The van der Waals surface area contributed by atoms with Gasteiger partial charge in [-0.2, -0.15) is 0 Å². The first-order chi connectivity index (χ1) is 15.3. The molecule has 10 nitrogen and oxygen atoms in total. The average Bonchev–Trinajstić information content (AvgIpc) is 2.80. The first-order valence-corrected chi connectivity index (χ1v) is 10.5. The molecule has 0 bridgehead atoms. The lowest BCUT2D eigenvalue weighted by atomic mass is 9.76. The van der Waals surface area contributed by atoms with Gasteiger partial charge in [0.05, 0.1) is 36.6 Å². The second kappa shape index (κ2) is 9.44. The second-order valence-corrected chi connectivity index (χ2v) is 8.34. The van der Waals surface area contributed by atoms with Crippen LogP contribution in [0.2, 0.25) is 0 Å². The van der Waals surface area contributed by atoms with E-state index >= 15 is 0 Å². The highest BCUT2D eigenvalue weighted by atomic mass is 16.7. The van der Waals surface area contributed by atoms with E-state index in [1.165, 1.54) is 25.5 Å². The Morgan fingerprint density at radius 3 is 2.41 bits per heavy atom. The molecule has 3 aliphatic rings. The summed E-state index contributed by atoms with van der Waals surface area (Å²) in [6.45, 7) is -0.559. The Morgan fingerprint density at radius 1 is 1.03 bits per heavy atom. The van der Waals surface area contributed by atoms with Crippen LogP contribution in [0.5, 0.6) is 5.75 Å². The summed E-state index contributed by atoms with van der Waals surface area (Å²) in [7, 11) is 1.49. The smallest absolute Gasteiger partial charge is 0.187 e. The number of phenols is 1. The third-order valence-corrected chi connectivity index (χ3v) is 6.42. The number of ketones is 1. The van der Waals surface area contributed by atoms with Crippen LogP contribution in [0.4, 0.5) is 0 Å². The van der Waals surface area contributed by atoms with Crippen molar-refractivity contribution in [1.82, 2.24) is 0 Å². The minimum atomic E-state index is -1.55. The first-order valence-electron chi connectivity index (χ1n) is 10.5. The lowest BCUT2D eigenvalue weighted by Crippen LogP contribution is -2.61. The fraction of sp³-hybridized carbons (Fsp3) is 0.591. The standard InChI is InChI=1S/C22H28O10/c1-29-15-6-12-14(30-9-13(18(12)25)10-2-4-11(24)5-3-10)7-16(15)31-22-21(28)20(27)19(26)17(8-23)32-22/h2-5,9,12,14-17,19-24,26-28H,6-8H2,1H3/t12?,14?,15?,16?,17-,19+,20+,21-,22-/m0/s1. The van der Waals surface area contributed by atoms with Crippen molar-refractivity contribution in [3.63, 3.8) is 0 Å². The quantitative estimate of drug-likeness (QED) is 0.388. The van der Waals surface area contributed by atoms with Gasteiger partial charge < -0.3 is 44.5 Å². The van der Waals surface area contributed by atoms with E-state index in [9.17, 15) is 30.3 Å². The number of carbonyl (C=O) groups is 1. The maximum Gasteiger partial charge on any atom is 0.187 e. The monoisotopic (exact) mass is 452 g/mol. The number of rotatable bonds is 5. The normalized spacial score (nSPS) is 39.7. The Labute approximate surface area is 184 Å². The molecule has 0 aromatic heterocycles. The van der Waals surface area contributed by atoms with E-state index in [1.807, 2.05) is 0 Å². The van der Waals surface area contributed by atoms with Crippen LogP contribution in [-0.4, -0.2) is 94.1 Å². The van der Waals surface area contributed by atoms with E-state index in [1.54, 1.807) is 12.1 Å². The van der Waals surface area contributed by atoms with Crippen LogP contribution in [0.3, 0.4) is 0 Å². The molecule has 2 fully saturated rings. The molecule has 1 saturated heterocycles. The van der Waals surface area contributed by atoms with E-state index in [0.29, 0.717) is 17.6 Å². The SMILES string of the molecule is COC1CC2C(=O)C(c3ccc(O)cc3)=COC2CC1O[C@H]1O[C@@H](CO)[C@@H](O)[C@@H](O)[C@@H]1O. The van der Waals surface area contributed by atoms with Crippen molar-refractivity contribution in [2.45, 2.75) is 61.9 Å². The Hall–Kier alpha value is -2.05. The highest BCUT2D eigenvalue weighted by molar-refractivity contribution is 6.22. The fourth-order valence-electron chi connectivity index (χ4n) is 4.53. The summed E-state index contributed by atoms with van der Waals surface area (Å²) in [6.07, 6.45) is -6.59. The topological polar surface area (TPSA) is 155 Å². The number of aromatic hydroxyl groups is 1. The molecule has 2 heterocycles. The fourth-order valence-corrected chi connectivity index (χ4v) is 4.53. The largest absolute Gasteiger partial charge is 0.508 e. The van der Waals surface area contributed by atoms with Crippen LogP contribution in [0.25, 0.3) is 5.57 Å². The number of hydrogen-bond donors (Lipinski definition) is 5. The molecule has 1 aliphatic carbocycles. The summed E-state index contributed by atoms with van der Waals surface area (Å²) in [4.78, 5) is 13.2. The van der Waals surface area contributed by atoms with Gasteiger partial charge in [-0.3, -0.25) is 4.79 Å². The van der Waals surface area contributed by atoms with Gasteiger partial charge in [-0.15, -0.1) is 0 Å². The lowest BCUT2D eigenvalue weighted by molar-refractivity contribution is -0.322. The number of aliphatic hydroxyl groups excluding tert-OH is 4. The molecule has 9 atom stereocenters. The van der Waals surface area contributed by atoms with Gasteiger partial charge in [0.15, 0.2) is 12.1 Å². The van der Waals surface area contributed by atoms with E-state index in [4.69, 9.17) is 18.9 Å². The number of allylic oxidation sites excluding steroid dienone is 1. The third-order valence-electron chi connectivity index (χ3n) is 6.42. The number of phenolic OH excluding ortho intramolecular Hbond substituents is 1. The van der Waals surface area contributed by atoms with Crippen molar-refractivity contribution in [2.24, 2.45) is 5.92 Å². The molecule has 0 radical (unpaired) electrons. The summed E-state index contributed by atoms with van der Waals surface area (Å²) >= 11 is 0. The molecule has 1 saturated carbocycles. The minimum absolute atomic E-state index is 0.0970. The summed E-state index contributed by atoms with van der Waals surface area (Å²) in [5.74, 6) is -0.467. The van der Waals surface area contributed by atoms with Crippen LogP contribution >= 0.6 is 0 Å².